The number of nitrogens with one attached hydrogen (secondary N) is 1. The van der Waals surface area contributed by atoms with E-state index in [9.17, 15) is 8.42 Å². The van der Waals surface area contributed by atoms with Crippen molar-refractivity contribution in [2.75, 3.05) is 10.8 Å². The molecule has 9 heteroatoms. The number of halogens is 1. The zero-order valence-corrected chi connectivity index (χ0v) is 13.9. The van der Waals surface area contributed by atoms with Gasteiger partial charge in [-0.2, -0.15) is 10.1 Å². The summed E-state index contributed by atoms with van der Waals surface area (Å²) in [5.74, 6) is 0.220. The molecule has 0 aliphatic heterocycles. The van der Waals surface area contributed by atoms with Crippen LogP contribution in [0.1, 0.15) is 16.7 Å². The van der Waals surface area contributed by atoms with Crippen LogP contribution < -0.4 is 4.31 Å². The van der Waals surface area contributed by atoms with Crippen molar-refractivity contribution < 1.29 is 8.42 Å². The van der Waals surface area contributed by atoms with Gasteiger partial charge in [0, 0.05) is 16.3 Å². The van der Waals surface area contributed by atoms with E-state index in [0.29, 0.717) is 9.37 Å². The molecule has 0 amide bonds. The first-order valence-electron chi connectivity index (χ1n) is 5.53. The van der Waals surface area contributed by atoms with Gasteiger partial charge in [0.2, 0.25) is 5.95 Å². The lowest BCUT2D eigenvalue weighted by Crippen LogP contribution is -2.32. The van der Waals surface area contributed by atoms with Gasteiger partial charge in [0.1, 0.15) is 11.2 Å². The number of aromatic amines is 1. The van der Waals surface area contributed by atoms with E-state index in [2.05, 4.69) is 31.1 Å². The van der Waals surface area contributed by atoms with Crippen molar-refractivity contribution >= 4 is 43.2 Å². The maximum atomic E-state index is 12.7. The second-order valence-corrected chi connectivity index (χ2v) is 7.86. The first-order chi connectivity index (χ1) is 8.89. The zero-order chi connectivity index (χ0) is 14.2. The summed E-state index contributed by atoms with van der Waals surface area (Å²) < 4.78 is 27.3. The van der Waals surface area contributed by atoms with Crippen LogP contribution >= 0.6 is 27.3 Å². The van der Waals surface area contributed by atoms with Crippen molar-refractivity contribution in [3.63, 3.8) is 0 Å². The van der Waals surface area contributed by atoms with Crippen molar-refractivity contribution in [3.8, 4) is 0 Å². The second kappa shape index (κ2) is 5.22. The molecule has 0 unspecified atom stereocenters. The van der Waals surface area contributed by atoms with Crippen LogP contribution in [0.4, 0.5) is 5.95 Å². The molecule has 104 valence electrons. The fourth-order valence-electron chi connectivity index (χ4n) is 1.79. The van der Waals surface area contributed by atoms with Gasteiger partial charge in [-0.25, -0.2) is 17.8 Å². The number of anilines is 1. The van der Waals surface area contributed by atoms with Gasteiger partial charge < -0.3 is 0 Å². The molecule has 0 aliphatic rings. The van der Waals surface area contributed by atoms with Gasteiger partial charge in [0.15, 0.2) is 0 Å². The average Bonchev–Trinajstić information content (AvgIpc) is 2.90. The molecule has 19 heavy (non-hydrogen) atoms. The fraction of sp³-hybridized carbons (Fsp3) is 0.400. The standard InChI is InChI=1S/C10H13BrN4O2S2/c1-4-15(10-12-5-13-14-10)19(16,17)9-7(3)18-6(2)8(9)11/h5H,4H2,1-3H3,(H,12,13,14). The molecule has 0 fully saturated rings. The van der Waals surface area contributed by atoms with Crippen LogP contribution in [0.15, 0.2) is 15.7 Å². The van der Waals surface area contributed by atoms with E-state index in [-0.39, 0.29) is 12.5 Å². The highest BCUT2D eigenvalue weighted by Crippen LogP contribution is 2.37. The average molecular weight is 365 g/mol. The molecule has 2 aromatic heterocycles. The van der Waals surface area contributed by atoms with E-state index in [1.54, 1.807) is 13.8 Å². The molecule has 0 atom stereocenters. The zero-order valence-electron chi connectivity index (χ0n) is 10.6. The van der Waals surface area contributed by atoms with E-state index in [1.807, 2.05) is 6.92 Å². The number of thiophene rings is 1. The van der Waals surface area contributed by atoms with Crippen LogP contribution in [0, 0.1) is 13.8 Å². The Morgan fingerprint density at radius 2 is 2.11 bits per heavy atom. The molecule has 1 N–H and O–H groups in total. The Hall–Kier alpha value is -0.930. The first kappa shape index (κ1) is 14.5. The smallest absolute Gasteiger partial charge is 0.245 e. The highest BCUT2D eigenvalue weighted by Gasteiger charge is 2.31. The predicted octanol–water partition coefficient (Wildman–Crippen LogP) is 2.46. The maximum Gasteiger partial charge on any atom is 0.268 e. The van der Waals surface area contributed by atoms with Crippen LogP contribution in [0.25, 0.3) is 0 Å². The van der Waals surface area contributed by atoms with Gasteiger partial charge in [-0.15, -0.1) is 11.3 Å². The number of aryl methyl sites for hydroxylation is 2. The Balaban J connectivity index is 2.59. The molecule has 0 saturated carbocycles. The van der Waals surface area contributed by atoms with E-state index < -0.39 is 10.0 Å². The third-order valence-electron chi connectivity index (χ3n) is 2.61. The summed E-state index contributed by atoms with van der Waals surface area (Å²) >= 11 is 4.80. The van der Waals surface area contributed by atoms with Gasteiger partial charge in [0.25, 0.3) is 10.0 Å². The number of aromatic nitrogens is 3. The van der Waals surface area contributed by atoms with Crippen LogP contribution in [0.5, 0.6) is 0 Å². The SMILES string of the molecule is CCN(c1ncn[nH]1)S(=O)(=O)c1c(C)sc(C)c1Br. The molecule has 0 bridgehead atoms. The Kier molecular flexibility index (Phi) is 3.98. The number of hydrogen-bond acceptors (Lipinski definition) is 5. The lowest BCUT2D eigenvalue weighted by molar-refractivity contribution is 0.590. The summed E-state index contributed by atoms with van der Waals surface area (Å²) in [5, 5.41) is 6.28. The summed E-state index contributed by atoms with van der Waals surface area (Å²) in [5.41, 5.74) is 0. The molecule has 2 rings (SSSR count). The Labute approximate surface area is 124 Å². The molecule has 0 saturated heterocycles. The first-order valence-corrected chi connectivity index (χ1v) is 8.58. The van der Waals surface area contributed by atoms with Crippen LogP contribution in [-0.2, 0) is 10.0 Å². The van der Waals surface area contributed by atoms with Gasteiger partial charge in [-0.05, 0) is 36.7 Å². The Morgan fingerprint density at radius 1 is 1.42 bits per heavy atom. The van der Waals surface area contributed by atoms with Crippen molar-refractivity contribution in [2.24, 2.45) is 0 Å². The van der Waals surface area contributed by atoms with Crippen LogP contribution in [-0.4, -0.2) is 30.1 Å². The van der Waals surface area contributed by atoms with Crippen LogP contribution in [0.3, 0.4) is 0 Å². The van der Waals surface area contributed by atoms with E-state index in [0.717, 1.165) is 9.75 Å². The van der Waals surface area contributed by atoms with E-state index in [4.69, 9.17) is 0 Å². The van der Waals surface area contributed by atoms with Gasteiger partial charge in [-0.3, -0.25) is 0 Å². The highest BCUT2D eigenvalue weighted by atomic mass is 79.9. The highest BCUT2D eigenvalue weighted by molar-refractivity contribution is 9.10. The normalized spacial score (nSPS) is 11.8. The number of rotatable bonds is 4. The van der Waals surface area contributed by atoms with Crippen molar-refractivity contribution in [3.05, 3.63) is 20.6 Å². The molecule has 0 aromatic carbocycles. The third-order valence-corrected chi connectivity index (χ3v) is 7.31. The maximum absolute atomic E-state index is 12.7. The molecule has 0 radical (unpaired) electrons. The quantitative estimate of drug-likeness (QED) is 0.903. The lowest BCUT2D eigenvalue weighted by Gasteiger charge is -2.19. The lowest BCUT2D eigenvalue weighted by atomic mass is 10.4. The summed E-state index contributed by atoms with van der Waals surface area (Å²) in [6.45, 7) is 5.70. The Bertz CT molecular complexity index is 679. The number of hydrogen-bond donors (Lipinski definition) is 1. The minimum absolute atomic E-state index is 0.220. The minimum Gasteiger partial charge on any atom is -0.245 e. The topological polar surface area (TPSA) is 79.0 Å². The van der Waals surface area contributed by atoms with Gasteiger partial charge in [-0.1, -0.05) is 0 Å². The Morgan fingerprint density at radius 3 is 2.53 bits per heavy atom. The molecular formula is C10H13BrN4O2S2. The molecule has 6 nitrogen and oxygen atoms in total. The van der Waals surface area contributed by atoms with E-state index >= 15 is 0 Å². The molecule has 0 aliphatic carbocycles. The second-order valence-electron chi connectivity index (χ2n) is 3.84. The molecule has 2 heterocycles. The van der Waals surface area contributed by atoms with E-state index in [1.165, 1.54) is 22.0 Å². The summed E-state index contributed by atoms with van der Waals surface area (Å²) in [6.07, 6.45) is 1.29. The summed E-state index contributed by atoms with van der Waals surface area (Å²) in [6, 6.07) is 0. The summed E-state index contributed by atoms with van der Waals surface area (Å²) in [7, 11) is -3.65. The number of H-pyrrole nitrogens is 1. The van der Waals surface area contributed by atoms with Crippen molar-refractivity contribution in [1.29, 1.82) is 0 Å². The number of nitrogens with zero attached hydrogens (tertiary/aromatic N) is 3. The monoisotopic (exact) mass is 364 g/mol. The van der Waals surface area contributed by atoms with Crippen LogP contribution in [0.2, 0.25) is 0 Å². The minimum atomic E-state index is -3.65. The fourth-order valence-corrected chi connectivity index (χ4v) is 6.05. The van der Waals surface area contributed by atoms with Gasteiger partial charge in [0.05, 0.1) is 4.47 Å². The largest absolute Gasteiger partial charge is 0.268 e. The van der Waals surface area contributed by atoms with Crippen molar-refractivity contribution in [1.82, 2.24) is 15.2 Å². The molecule has 2 aromatic rings. The summed E-state index contributed by atoms with van der Waals surface area (Å²) in [4.78, 5) is 5.90. The molecular weight excluding hydrogens is 352 g/mol. The molecule has 0 spiro atoms. The van der Waals surface area contributed by atoms with Crippen molar-refractivity contribution in [2.45, 2.75) is 25.7 Å². The number of sulfonamides is 1. The third kappa shape index (κ3) is 2.41. The predicted molar refractivity (Wildman–Crippen MR) is 78.1 cm³/mol. The van der Waals surface area contributed by atoms with Gasteiger partial charge >= 0.3 is 0 Å².